The predicted octanol–water partition coefficient (Wildman–Crippen LogP) is 2.94. The SMILES string of the molecule is O=C(N1CCCC1)N1CCC2(CC1)OCCC2CCOc1cccnc1. The van der Waals surface area contributed by atoms with Crippen molar-refractivity contribution in [1.82, 2.24) is 14.8 Å². The molecule has 3 aliphatic rings. The lowest BCUT2D eigenvalue weighted by Gasteiger charge is -2.43. The summed E-state index contributed by atoms with van der Waals surface area (Å²) in [5.74, 6) is 1.34. The molecule has 0 aromatic carbocycles. The van der Waals surface area contributed by atoms with Gasteiger partial charge in [-0.2, -0.15) is 0 Å². The number of piperidine rings is 1. The second-order valence-electron chi connectivity index (χ2n) is 7.69. The van der Waals surface area contributed by atoms with Crippen LogP contribution in [0.3, 0.4) is 0 Å². The molecule has 2 amide bonds. The third kappa shape index (κ3) is 3.65. The monoisotopic (exact) mass is 359 g/mol. The molecule has 3 saturated heterocycles. The Morgan fingerprint density at radius 2 is 2.00 bits per heavy atom. The van der Waals surface area contributed by atoms with Gasteiger partial charge in [-0.3, -0.25) is 4.98 Å². The van der Waals surface area contributed by atoms with Gasteiger partial charge < -0.3 is 19.3 Å². The summed E-state index contributed by atoms with van der Waals surface area (Å²) in [7, 11) is 0. The van der Waals surface area contributed by atoms with Crippen molar-refractivity contribution in [3.8, 4) is 5.75 Å². The number of carbonyl (C=O) groups is 1. The van der Waals surface area contributed by atoms with Crippen LogP contribution in [0.25, 0.3) is 0 Å². The largest absolute Gasteiger partial charge is 0.492 e. The molecule has 0 radical (unpaired) electrons. The quantitative estimate of drug-likeness (QED) is 0.829. The predicted molar refractivity (Wildman–Crippen MR) is 98.1 cm³/mol. The molecule has 4 heterocycles. The van der Waals surface area contributed by atoms with Gasteiger partial charge in [0.25, 0.3) is 0 Å². The van der Waals surface area contributed by atoms with Crippen molar-refractivity contribution < 1.29 is 14.3 Å². The highest BCUT2D eigenvalue weighted by molar-refractivity contribution is 5.74. The molecule has 0 bridgehead atoms. The van der Waals surface area contributed by atoms with Gasteiger partial charge in [0.05, 0.1) is 18.4 Å². The van der Waals surface area contributed by atoms with E-state index in [1.165, 1.54) is 0 Å². The number of nitrogens with zero attached hydrogens (tertiary/aromatic N) is 3. The van der Waals surface area contributed by atoms with Gasteiger partial charge in [-0.15, -0.1) is 0 Å². The average molecular weight is 359 g/mol. The third-order valence-corrected chi connectivity index (χ3v) is 6.23. The van der Waals surface area contributed by atoms with E-state index in [2.05, 4.69) is 4.98 Å². The van der Waals surface area contributed by atoms with Crippen LogP contribution in [0, 0.1) is 5.92 Å². The Morgan fingerprint density at radius 3 is 2.73 bits per heavy atom. The summed E-state index contributed by atoms with van der Waals surface area (Å²) in [4.78, 5) is 20.7. The summed E-state index contributed by atoms with van der Waals surface area (Å²) in [6, 6.07) is 4.06. The lowest BCUT2D eigenvalue weighted by atomic mass is 9.78. The molecule has 26 heavy (non-hydrogen) atoms. The van der Waals surface area contributed by atoms with Crippen molar-refractivity contribution in [2.75, 3.05) is 39.4 Å². The maximum Gasteiger partial charge on any atom is 0.320 e. The number of ether oxygens (including phenoxy) is 2. The van der Waals surface area contributed by atoms with Gasteiger partial charge in [-0.1, -0.05) is 0 Å². The van der Waals surface area contributed by atoms with E-state index in [0.29, 0.717) is 12.5 Å². The smallest absolute Gasteiger partial charge is 0.320 e. The first-order chi connectivity index (χ1) is 12.8. The van der Waals surface area contributed by atoms with Crippen molar-refractivity contribution in [2.24, 2.45) is 5.92 Å². The zero-order valence-corrected chi connectivity index (χ0v) is 15.4. The number of pyridine rings is 1. The molecule has 6 nitrogen and oxygen atoms in total. The lowest BCUT2D eigenvalue weighted by Crippen LogP contribution is -2.52. The van der Waals surface area contributed by atoms with E-state index in [1.807, 2.05) is 21.9 Å². The lowest BCUT2D eigenvalue weighted by molar-refractivity contribution is -0.0646. The Balaban J connectivity index is 1.28. The Labute approximate surface area is 155 Å². The van der Waals surface area contributed by atoms with Crippen LogP contribution in [0.15, 0.2) is 24.5 Å². The second-order valence-corrected chi connectivity index (χ2v) is 7.69. The molecular weight excluding hydrogens is 330 g/mol. The number of likely N-dealkylation sites (tertiary alicyclic amines) is 2. The highest BCUT2D eigenvalue weighted by atomic mass is 16.5. The molecule has 1 atom stereocenters. The highest BCUT2D eigenvalue weighted by Crippen LogP contribution is 2.42. The molecule has 1 unspecified atom stereocenters. The standard InChI is InChI=1S/C20H29N3O3/c24-19(22-10-1-2-11-22)23-12-7-20(8-13-23)17(6-15-26-20)5-14-25-18-4-3-9-21-16-18/h3-4,9,16-17H,1-2,5-8,10-15H2. The Bertz CT molecular complexity index is 596. The summed E-state index contributed by atoms with van der Waals surface area (Å²) < 4.78 is 12.1. The van der Waals surface area contributed by atoms with Crippen LogP contribution in [-0.4, -0.2) is 65.8 Å². The minimum absolute atomic E-state index is 0.0555. The van der Waals surface area contributed by atoms with E-state index in [9.17, 15) is 4.79 Å². The molecule has 1 spiro atoms. The molecule has 1 aromatic heterocycles. The zero-order valence-electron chi connectivity index (χ0n) is 15.4. The molecule has 0 N–H and O–H groups in total. The molecule has 0 saturated carbocycles. The Hall–Kier alpha value is -1.82. The van der Waals surface area contributed by atoms with Gasteiger partial charge in [0.1, 0.15) is 5.75 Å². The molecule has 0 aliphatic carbocycles. The Morgan fingerprint density at radius 1 is 1.23 bits per heavy atom. The van der Waals surface area contributed by atoms with Crippen molar-refractivity contribution >= 4 is 6.03 Å². The van der Waals surface area contributed by atoms with Gasteiger partial charge in [-0.05, 0) is 56.6 Å². The van der Waals surface area contributed by atoms with Crippen molar-refractivity contribution in [1.29, 1.82) is 0 Å². The van der Waals surface area contributed by atoms with Gasteiger partial charge in [0.2, 0.25) is 0 Å². The van der Waals surface area contributed by atoms with Gasteiger partial charge in [0.15, 0.2) is 0 Å². The summed E-state index contributed by atoms with van der Waals surface area (Å²) in [5.41, 5.74) is -0.0555. The molecule has 4 rings (SSSR count). The first kappa shape index (κ1) is 17.6. The van der Waals surface area contributed by atoms with Crippen LogP contribution in [0.1, 0.15) is 38.5 Å². The van der Waals surface area contributed by atoms with Crippen LogP contribution >= 0.6 is 0 Å². The molecule has 6 heteroatoms. The van der Waals surface area contributed by atoms with Crippen LogP contribution in [0.4, 0.5) is 4.79 Å². The highest BCUT2D eigenvalue weighted by Gasteiger charge is 2.46. The van der Waals surface area contributed by atoms with E-state index in [0.717, 1.165) is 77.1 Å². The minimum atomic E-state index is -0.0555. The average Bonchev–Trinajstić information content (AvgIpc) is 3.34. The molecule has 142 valence electrons. The zero-order chi connectivity index (χ0) is 17.8. The second kappa shape index (κ2) is 7.82. The van der Waals surface area contributed by atoms with Crippen molar-refractivity contribution in [3.05, 3.63) is 24.5 Å². The Kier molecular flexibility index (Phi) is 5.29. The van der Waals surface area contributed by atoms with E-state index in [4.69, 9.17) is 9.47 Å². The first-order valence-electron chi connectivity index (χ1n) is 9.97. The van der Waals surface area contributed by atoms with Gasteiger partial charge in [0, 0.05) is 39.0 Å². The summed E-state index contributed by atoms with van der Waals surface area (Å²) in [6.45, 7) is 5.00. The first-order valence-corrected chi connectivity index (χ1v) is 9.97. The molecule has 3 aliphatic heterocycles. The third-order valence-electron chi connectivity index (χ3n) is 6.23. The van der Waals surface area contributed by atoms with Crippen LogP contribution < -0.4 is 4.74 Å². The number of rotatable bonds is 4. The van der Waals surface area contributed by atoms with E-state index >= 15 is 0 Å². The van der Waals surface area contributed by atoms with Gasteiger partial charge >= 0.3 is 6.03 Å². The van der Waals surface area contributed by atoms with Crippen LogP contribution in [0.5, 0.6) is 5.75 Å². The molecule has 1 aromatic rings. The summed E-state index contributed by atoms with van der Waals surface area (Å²) >= 11 is 0. The van der Waals surface area contributed by atoms with Crippen molar-refractivity contribution in [3.63, 3.8) is 0 Å². The topological polar surface area (TPSA) is 54.9 Å². The fourth-order valence-corrected chi connectivity index (χ4v) is 4.68. The maximum atomic E-state index is 12.6. The number of amides is 2. The number of aromatic nitrogens is 1. The molecular formula is C20H29N3O3. The fraction of sp³-hybridized carbons (Fsp3) is 0.700. The fourth-order valence-electron chi connectivity index (χ4n) is 4.68. The van der Waals surface area contributed by atoms with Crippen LogP contribution in [0.2, 0.25) is 0 Å². The number of hydrogen-bond acceptors (Lipinski definition) is 4. The number of urea groups is 1. The van der Waals surface area contributed by atoms with Crippen LogP contribution in [-0.2, 0) is 4.74 Å². The number of carbonyl (C=O) groups excluding carboxylic acids is 1. The molecule has 3 fully saturated rings. The van der Waals surface area contributed by atoms with E-state index in [-0.39, 0.29) is 11.6 Å². The maximum absolute atomic E-state index is 12.6. The van der Waals surface area contributed by atoms with E-state index < -0.39 is 0 Å². The summed E-state index contributed by atoms with van der Waals surface area (Å²) in [6.07, 6.45) is 9.78. The minimum Gasteiger partial charge on any atom is -0.492 e. The number of hydrogen-bond donors (Lipinski definition) is 0. The normalized spacial score (nSPS) is 25.0. The van der Waals surface area contributed by atoms with Crippen molar-refractivity contribution in [2.45, 2.75) is 44.1 Å². The van der Waals surface area contributed by atoms with Gasteiger partial charge in [-0.25, -0.2) is 4.79 Å². The van der Waals surface area contributed by atoms with E-state index in [1.54, 1.807) is 12.4 Å². The summed E-state index contributed by atoms with van der Waals surface area (Å²) in [5, 5.41) is 0.